The van der Waals surface area contributed by atoms with E-state index in [1.54, 1.807) is 18.6 Å². The second kappa shape index (κ2) is 6.01. The summed E-state index contributed by atoms with van der Waals surface area (Å²) >= 11 is 0. The third kappa shape index (κ3) is 3.13. The molecule has 2 aromatic heterocycles. The molecule has 124 valence electrons. The average molecular weight is 335 g/mol. The lowest BCUT2D eigenvalue weighted by atomic mass is 10.1. The van der Waals surface area contributed by atoms with Gasteiger partial charge in [-0.1, -0.05) is 0 Å². The van der Waals surface area contributed by atoms with Gasteiger partial charge in [-0.05, 0) is 32.8 Å². The van der Waals surface area contributed by atoms with Crippen molar-refractivity contribution in [3.05, 3.63) is 30.4 Å². The molecule has 0 saturated carbocycles. The third-order valence-corrected chi connectivity index (χ3v) is 5.35. The van der Waals surface area contributed by atoms with Crippen molar-refractivity contribution in [2.75, 3.05) is 12.8 Å². The van der Waals surface area contributed by atoms with E-state index in [0.29, 0.717) is 12.2 Å². The van der Waals surface area contributed by atoms with Crippen LogP contribution in [0.2, 0.25) is 0 Å². The fourth-order valence-corrected chi connectivity index (χ4v) is 4.14. The standard InChI is InChI=1S/C15H21N5O2S/c1-11(2)20-15(6-7-18-20)13-10-16-12(9-17-13)14-5-4-8-19(14)23(3,21)22/h6-7,9-11,14H,4-5,8H2,1-3H3/t14-/m0/s1. The first kappa shape index (κ1) is 16.1. The van der Waals surface area contributed by atoms with Gasteiger partial charge in [-0.25, -0.2) is 8.42 Å². The molecule has 3 heterocycles. The van der Waals surface area contributed by atoms with Gasteiger partial charge in [-0.3, -0.25) is 14.6 Å². The van der Waals surface area contributed by atoms with Crippen LogP contribution in [-0.2, 0) is 10.0 Å². The van der Waals surface area contributed by atoms with Gasteiger partial charge in [0.05, 0.1) is 36.1 Å². The van der Waals surface area contributed by atoms with Gasteiger partial charge in [0.2, 0.25) is 10.0 Å². The molecule has 8 heteroatoms. The quantitative estimate of drug-likeness (QED) is 0.854. The zero-order valence-corrected chi connectivity index (χ0v) is 14.4. The molecule has 0 bridgehead atoms. The molecular weight excluding hydrogens is 314 g/mol. The largest absolute Gasteiger partial charge is 0.261 e. The summed E-state index contributed by atoms with van der Waals surface area (Å²) in [6.45, 7) is 4.66. The van der Waals surface area contributed by atoms with Crippen LogP contribution in [0.15, 0.2) is 24.7 Å². The Kier molecular flexibility index (Phi) is 4.20. The second-order valence-electron chi connectivity index (χ2n) is 6.11. The highest BCUT2D eigenvalue weighted by Crippen LogP contribution is 2.32. The molecule has 7 nitrogen and oxygen atoms in total. The molecular formula is C15H21N5O2S. The lowest BCUT2D eigenvalue weighted by Crippen LogP contribution is -2.30. The van der Waals surface area contributed by atoms with Crippen LogP contribution in [0.25, 0.3) is 11.4 Å². The summed E-state index contributed by atoms with van der Waals surface area (Å²) in [6, 6.07) is 1.93. The summed E-state index contributed by atoms with van der Waals surface area (Å²) in [5.41, 5.74) is 2.35. The van der Waals surface area contributed by atoms with E-state index in [0.717, 1.165) is 24.2 Å². The number of aromatic nitrogens is 4. The van der Waals surface area contributed by atoms with Crippen molar-refractivity contribution in [2.24, 2.45) is 0 Å². The van der Waals surface area contributed by atoms with Gasteiger partial charge >= 0.3 is 0 Å². The number of hydrogen-bond acceptors (Lipinski definition) is 5. The predicted octanol–water partition coefficient (Wildman–Crippen LogP) is 2.02. The van der Waals surface area contributed by atoms with Crippen LogP contribution in [-0.4, -0.2) is 45.3 Å². The van der Waals surface area contributed by atoms with Gasteiger partial charge in [0.15, 0.2) is 0 Å². The molecule has 3 rings (SSSR count). The van der Waals surface area contributed by atoms with E-state index in [9.17, 15) is 8.42 Å². The number of nitrogens with zero attached hydrogens (tertiary/aromatic N) is 5. The van der Waals surface area contributed by atoms with E-state index in [1.807, 2.05) is 10.7 Å². The zero-order chi connectivity index (χ0) is 16.6. The van der Waals surface area contributed by atoms with Crippen LogP contribution in [0, 0.1) is 0 Å². The molecule has 1 fully saturated rings. The fraction of sp³-hybridized carbons (Fsp3) is 0.533. The Balaban J connectivity index is 1.89. The van der Waals surface area contributed by atoms with E-state index in [2.05, 4.69) is 28.9 Å². The predicted molar refractivity (Wildman–Crippen MR) is 87.2 cm³/mol. The Bertz CT molecular complexity index is 782. The first-order chi connectivity index (χ1) is 10.9. The lowest BCUT2D eigenvalue weighted by molar-refractivity contribution is 0.393. The summed E-state index contributed by atoms with van der Waals surface area (Å²) in [4.78, 5) is 8.95. The molecule has 0 N–H and O–H groups in total. The van der Waals surface area contributed by atoms with Crippen molar-refractivity contribution in [1.29, 1.82) is 0 Å². The summed E-state index contributed by atoms with van der Waals surface area (Å²) in [6.07, 6.45) is 8.00. The summed E-state index contributed by atoms with van der Waals surface area (Å²) in [7, 11) is -3.22. The first-order valence-electron chi connectivity index (χ1n) is 7.70. The zero-order valence-electron chi connectivity index (χ0n) is 13.5. The number of hydrogen-bond donors (Lipinski definition) is 0. The highest BCUT2D eigenvalue weighted by molar-refractivity contribution is 7.88. The highest BCUT2D eigenvalue weighted by Gasteiger charge is 2.33. The minimum absolute atomic E-state index is 0.207. The van der Waals surface area contributed by atoms with Crippen LogP contribution in [0.5, 0.6) is 0 Å². The van der Waals surface area contributed by atoms with Crippen LogP contribution in [0.3, 0.4) is 0 Å². The maximum atomic E-state index is 11.9. The van der Waals surface area contributed by atoms with E-state index in [4.69, 9.17) is 0 Å². The highest BCUT2D eigenvalue weighted by atomic mass is 32.2. The molecule has 0 aromatic carbocycles. The normalized spacial score (nSPS) is 19.6. The molecule has 0 unspecified atom stereocenters. The Hall–Kier alpha value is -1.80. The monoisotopic (exact) mass is 335 g/mol. The molecule has 1 atom stereocenters. The molecule has 1 aliphatic rings. The topological polar surface area (TPSA) is 81.0 Å². The Morgan fingerprint density at radius 3 is 2.65 bits per heavy atom. The van der Waals surface area contributed by atoms with Crippen molar-refractivity contribution in [1.82, 2.24) is 24.1 Å². The molecule has 0 radical (unpaired) electrons. The van der Waals surface area contributed by atoms with Crippen molar-refractivity contribution in [3.63, 3.8) is 0 Å². The van der Waals surface area contributed by atoms with Gasteiger partial charge in [0.1, 0.15) is 5.69 Å². The van der Waals surface area contributed by atoms with Crippen LogP contribution >= 0.6 is 0 Å². The van der Waals surface area contributed by atoms with Gasteiger partial charge in [0.25, 0.3) is 0 Å². The van der Waals surface area contributed by atoms with Gasteiger partial charge in [-0.2, -0.15) is 9.40 Å². The number of rotatable bonds is 4. The van der Waals surface area contributed by atoms with Crippen molar-refractivity contribution >= 4 is 10.0 Å². The van der Waals surface area contributed by atoms with Crippen molar-refractivity contribution in [2.45, 2.75) is 38.8 Å². The van der Waals surface area contributed by atoms with Crippen molar-refractivity contribution < 1.29 is 8.42 Å². The first-order valence-corrected chi connectivity index (χ1v) is 9.55. The van der Waals surface area contributed by atoms with E-state index in [-0.39, 0.29) is 12.1 Å². The molecule has 2 aromatic rings. The molecule has 1 aliphatic heterocycles. The van der Waals surface area contributed by atoms with E-state index >= 15 is 0 Å². The summed E-state index contributed by atoms with van der Waals surface area (Å²) in [5, 5.41) is 4.30. The second-order valence-corrected chi connectivity index (χ2v) is 8.05. The molecule has 23 heavy (non-hydrogen) atoms. The molecule has 1 saturated heterocycles. The van der Waals surface area contributed by atoms with Gasteiger partial charge in [-0.15, -0.1) is 0 Å². The van der Waals surface area contributed by atoms with Gasteiger partial charge < -0.3 is 0 Å². The average Bonchev–Trinajstić information content (AvgIpc) is 3.16. The molecule has 0 spiro atoms. The van der Waals surface area contributed by atoms with Crippen LogP contribution < -0.4 is 0 Å². The molecule has 0 aliphatic carbocycles. The van der Waals surface area contributed by atoms with E-state index in [1.165, 1.54) is 10.6 Å². The Morgan fingerprint density at radius 2 is 2.04 bits per heavy atom. The van der Waals surface area contributed by atoms with Gasteiger partial charge in [0, 0.05) is 18.8 Å². The summed E-state index contributed by atoms with van der Waals surface area (Å²) in [5.74, 6) is 0. The SMILES string of the molecule is CC(C)n1nccc1-c1cnc([C@@H]2CCCN2S(C)(=O)=O)cn1. The summed E-state index contributed by atoms with van der Waals surface area (Å²) < 4.78 is 27.1. The smallest absolute Gasteiger partial charge is 0.211 e. The Morgan fingerprint density at radius 1 is 1.26 bits per heavy atom. The van der Waals surface area contributed by atoms with Crippen molar-refractivity contribution in [3.8, 4) is 11.4 Å². The third-order valence-electron chi connectivity index (χ3n) is 4.06. The maximum absolute atomic E-state index is 11.9. The maximum Gasteiger partial charge on any atom is 0.211 e. The van der Waals surface area contributed by atoms with Crippen LogP contribution in [0.4, 0.5) is 0 Å². The Labute approximate surface area is 136 Å². The van der Waals surface area contributed by atoms with Crippen LogP contribution in [0.1, 0.15) is 44.5 Å². The molecule has 0 amide bonds. The number of sulfonamides is 1. The minimum Gasteiger partial charge on any atom is -0.261 e. The lowest BCUT2D eigenvalue weighted by Gasteiger charge is -2.21. The van der Waals surface area contributed by atoms with E-state index < -0.39 is 10.0 Å². The fourth-order valence-electron chi connectivity index (χ4n) is 3.00. The minimum atomic E-state index is -3.22.